The molecule has 0 radical (unpaired) electrons. The van der Waals surface area contributed by atoms with Crippen LogP contribution in [0.5, 0.6) is 11.5 Å². The van der Waals surface area contributed by atoms with Crippen LogP contribution in [0.3, 0.4) is 0 Å². The minimum Gasteiger partial charge on any atom is -0.450 e. The first-order valence-corrected chi connectivity index (χ1v) is 6.89. The van der Waals surface area contributed by atoms with Crippen molar-refractivity contribution in [2.75, 3.05) is 0 Å². The number of halogens is 1. The molecule has 5 nitrogen and oxygen atoms in total. The third kappa shape index (κ3) is 2.85. The van der Waals surface area contributed by atoms with Gasteiger partial charge in [-0.2, -0.15) is 0 Å². The van der Waals surface area contributed by atoms with Gasteiger partial charge in [0.1, 0.15) is 5.75 Å². The Morgan fingerprint density at radius 1 is 1.14 bits per heavy atom. The second-order valence-electron chi connectivity index (χ2n) is 4.33. The Bertz CT molecular complexity index is 836. The van der Waals surface area contributed by atoms with Crippen molar-refractivity contribution in [1.29, 1.82) is 0 Å². The number of rotatable bonds is 3. The van der Waals surface area contributed by atoms with Crippen LogP contribution in [-0.2, 0) is 0 Å². The molecule has 0 saturated heterocycles. The molecular weight excluding hydrogens is 336 g/mol. The Kier molecular flexibility index (Phi) is 3.53. The van der Waals surface area contributed by atoms with Crippen molar-refractivity contribution >= 4 is 32.5 Å². The molecule has 0 bridgehead atoms. The molecule has 0 aliphatic carbocycles. The Hall–Kier alpha value is -2.47. The van der Waals surface area contributed by atoms with Gasteiger partial charge in [-0.1, -0.05) is 22.0 Å². The van der Waals surface area contributed by atoms with Gasteiger partial charge in [0.25, 0.3) is 0 Å². The van der Waals surface area contributed by atoms with E-state index in [-0.39, 0.29) is 11.4 Å². The van der Waals surface area contributed by atoms with Crippen LogP contribution in [0, 0.1) is 10.1 Å². The highest BCUT2D eigenvalue weighted by Crippen LogP contribution is 2.34. The zero-order valence-corrected chi connectivity index (χ0v) is 12.3. The highest BCUT2D eigenvalue weighted by Gasteiger charge is 2.16. The second-order valence-corrected chi connectivity index (χ2v) is 5.24. The second kappa shape index (κ2) is 5.49. The molecule has 0 spiro atoms. The fraction of sp³-hybridized carbons (Fsp3) is 0. The third-order valence-electron chi connectivity index (χ3n) is 2.92. The normalized spacial score (nSPS) is 10.5. The topological polar surface area (TPSA) is 65.3 Å². The summed E-state index contributed by atoms with van der Waals surface area (Å²) in [5.74, 6) is 0.729. The van der Waals surface area contributed by atoms with Crippen molar-refractivity contribution in [1.82, 2.24) is 4.98 Å². The lowest BCUT2D eigenvalue weighted by Crippen LogP contribution is -1.93. The molecule has 2 aromatic carbocycles. The zero-order valence-electron chi connectivity index (χ0n) is 10.7. The predicted molar refractivity (Wildman–Crippen MR) is 82.6 cm³/mol. The average Bonchev–Trinajstić information content (AvgIpc) is 2.49. The largest absolute Gasteiger partial charge is 0.450 e. The van der Waals surface area contributed by atoms with E-state index in [2.05, 4.69) is 20.9 Å². The third-order valence-corrected chi connectivity index (χ3v) is 3.41. The number of fused-ring (bicyclic) bond motifs is 1. The summed E-state index contributed by atoms with van der Waals surface area (Å²) in [5, 5.41) is 12.0. The summed E-state index contributed by atoms with van der Waals surface area (Å²) in [7, 11) is 0. The number of pyridine rings is 1. The number of ether oxygens (including phenoxy) is 1. The Labute approximate surface area is 128 Å². The first-order chi connectivity index (χ1) is 10.1. The predicted octanol–water partition coefficient (Wildman–Crippen LogP) is 4.70. The summed E-state index contributed by atoms with van der Waals surface area (Å²) < 4.78 is 6.27. The minimum absolute atomic E-state index is 0.0874. The van der Waals surface area contributed by atoms with Crippen molar-refractivity contribution in [2.24, 2.45) is 0 Å². The zero-order chi connectivity index (χ0) is 14.8. The molecule has 0 fully saturated rings. The van der Waals surface area contributed by atoms with E-state index in [1.165, 1.54) is 6.07 Å². The molecular formula is C15H9BrN2O3. The maximum absolute atomic E-state index is 11.1. The molecule has 3 aromatic rings. The van der Waals surface area contributed by atoms with E-state index in [1.807, 2.05) is 18.2 Å². The van der Waals surface area contributed by atoms with Gasteiger partial charge in [-0.3, -0.25) is 15.1 Å². The van der Waals surface area contributed by atoms with Gasteiger partial charge in [0.05, 0.1) is 10.4 Å². The van der Waals surface area contributed by atoms with Crippen LogP contribution in [0.25, 0.3) is 10.9 Å². The van der Waals surface area contributed by atoms with Crippen molar-refractivity contribution in [3.8, 4) is 11.5 Å². The summed E-state index contributed by atoms with van der Waals surface area (Å²) in [4.78, 5) is 14.8. The highest BCUT2D eigenvalue weighted by molar-refractivity contribution is 9.10. The highest BCUT2D eigenvalue weighted by atomic mass is 79.9. The summed E-state index contributed by atoms with van der Waals surface area (Å²) in [6.45, 7) is 0. The lowest BCUT2D eigenvalue weighted by molar-refractivity contribution is -0.385. The van der Waals surface area contributed by atoms with Crippen LogP contribution in [-0.4, -0.2) is 9.91 Å². The SMILES string of the molecule is O=[N+]([O-])c1cc(Br)ccc1Oc1ccc2ncccc2c1. The molecule has 0 amide bonds. The number of nitrogens with zero attached hydrogens (tertiary/aromatic N) is 2. The number of hydrogen-bond donors (Lipinski definition) is 0. The van der Waals surface area contributed by atoms with Gasteiger partial charge in [-0.25, -0.2) is 0 Å². The summed E-state index contributed by atoms with van der Waals surface area (Å²) in [5.41, 5.74) is 0.755. The number of nitro benzene ring substituents is 1. The van der Waals surface area contributed by atoms with Crippen LogP contribution in [0.4, 0.5) is 5.69 Å². The fourth-order valence-corrected chi connectivity index (χ4v) is 2.31. The van der Waals surface area contributed by atoms with E-state index < -0.39 is 4.92 Å². The van der Waals surface area contributed by atoms with Crippen LogP contribution in [0.2, 0.25) is 0 Å². The Morgan fingerprint density at radius 3 is 2.81 bits per heavy atom. The minimum atomic E-state index is -0.470. The molecule has 0 unspecified atom stereocenters. The van der Waals surface area contributed by atoms with Crippen molar-refractivity contribution < 1.29 is 9.66 Å². The molecule has 104 valence electrons. The van der Waals surface area contributed by atoms with Gasteiger partial charge in [-0.15, -0.1) is 0 Å². The van der Waals surface area contributed by atoms with E-state index in [0.29, 0.717) is 10.2 Å². The number of aromatic nitrogens is 1. The smallest absolute Gasteiger partial charge is 0.312 e. The Balaban J connectivity index is 2.00. The number of nitro groups is 1. The summed E-state index contributed by atoms with van der Waals surface area (Å²) in [6, 6.07) is 13.8. The standard InChI is InChI=1S/C15H9BrN2O3/c16-11-3-6-15(14(9-11)18(19)20)21-12-4-5-13-10(8-12)2-1-7-17-13/h1-9H. The van der Waals surface area contributed by atoms with Crippen LogP contribution >= 0.6 is 15.9 Å². The molecule has 21 heavy (non-hydrogen) atoms. The monoisotopic (exact) mass is 344 g/mol. The lowest BCUT2D eigenvalue weighted by atomic mass is 10.2. The van der Waals surface area contributed by atoms with Gasteiger partial charge < -0.3 is 4.74 Å². The van der Waals surface area contributed by atoms with Crippen molar-refractivity contribution in [3.05, 3.63) is 69.3 Å². The quantitative estimate of drug-likeness (QED) is 0.510. The molecule has 0 atom stereocenters. The van der Waals surface area contributed by atoms with Gasteiger partial charge in [-0.05, 0) is 36.4 Å². The number of benzene rings is 2. The van der Waals surface area contributed by atoms with E-state index in [1.54, 1.807) is 30.5 Å². The van der Waals surface area contributed by atoms with Gasteiger partial charge in [0.2, 0.25) is 5.75 Å². The van der Waals surface area contributed by atoms with Gasteiger partial charge in [0.15, 0.2) is 0 Å². The fourth-order valence-electron chi connectivity index (χ4n) is 1.96. The molecule has 0 aliphatic heterocycles. The van der Waals surface area contributed by atoms with E-state index in [4.69, 9.17) is 4.74 Å². The first kappa shape index (κ1) is 13.5. The average molecular weight is 345 g/mol. The molecule has 3 rings (SSSR count). The first-order valence-electron chi connectivity index (χ1n) is 6.10. The van der Waals surface area contributed by atoms with Crippen molar-refractivity contribution in [3.63, 3.8) is 0 Å². The Morgan fingerprint density at radius 2 is 2.00 bits per heavy atom. The molecule has 0 saturated carbocycles. The maximum atomic E-state index is 11.1. The number of hydrogen-bond acceptors (Lipinski definition) is 4. The molecule has 1 aromatic heterocycles. The van der Waals surface area contributed by atoms with Gasteiger partial charge >= 0.3 is 5.69 Å². The summed E-state index contributed by atoms with van der Waals surface area (Å²) in [6.07, 6.45) is 1.71. The molecule has 6 heteroatoms. The lowest BCUT2D eigenvalue weighted by Gasteiger charge is -2.07. The van der Waals surface area contributed by atoms with E-state index in [9.17, 15) is 10.1 Å². The van der Waals surface area contributed by atoms with Crippen molar-refractivity contribution in [2.45, 2.75) is 0 Å². The van der Waals surface area contributed by atoms with Crippen LogP contribution in [0.15, 0.2) is 59.2 Å². The van der Waals surface area contributed by atoms with Gasteiger partial charge in [0, 0.05) is 22.1 Å². The molecule has 1 heterocycles. The summed E-state index contributed by atoms with van der Waals surface area (Å²) >= 11 is 3.21. The maximum Gasteiger partial charge on any atom is 0.312 e. The van der Waals surface area contributed by atoms with E-state index >= 15 is 0 Å². The van der Waals surface area contributed by atoms with Crippen LogP contribution in [0.1, 0.15) is 0 Å². The molecule has 0 N–H and O–H groups in total. The van der Waals surface area contributed by atoms with E-state index in [0.717, 1.165) is 10.9 Å². The molecule has 0 aliphatic rings. The van der Waals surface area contributed by atoms with Crippen LogP contribution < -0.4 is 4.74 Å².